The van der Waals surface area contributed by atoms with Gasteiger partial charge in [-0.3, -0.25) is 4.68 Å². The molecule has 0 aliphatic heterocycles. The predicted octanol–water partition coefficient (Wildman–Crippen LogP) is 3.03. The largest absolute Gasteiger partial charge is 0.319 e. The van der Waals surface area contributed by atoms with Gasteiger partial charge in [-0.05, 0) is 51.8 Å². The van der Waals surface area contributed by atoms with Crippen LogP contribution in [-0.4, -0.2) is 23.4 Å². The summed E-state index contributed by atoms with van der Waals surface area (Å²) in [6.07, 6.45) is 6.87. The molecule has 0 saturated carbocycles. The number of aromatic nitrogens is 2. The van der Waals surface area contributed by atoms with Crippen LogP contribution >= 0.6 is 0 Å². The molecule has 0 bridgehead atoms. The normalized spacial score (nSPS) is 14.8. The van der Waals surface area contributed by atoms with Crippen molar-refractivity contribution in [3.63, 3.8) is 0 Å². The number of hydrogen-bond acceptors (Lipinski definition) is 2. The van der Waals surface area contributed by atoms with E-state index in [1.165, 1.54) is 18.5 Å². The molecule has 0 amide bonds. The fraction of sp³-hybridized carbons (Fsp3) is 0.786. The van der Waals surface area contributed by atoms with E-state index in [0.29, 0.717) is 12.0 Å². The van der Waals surface area contributed by atoms with Gasteiger partial charge in [0.2, 0.25) is 0 Å². The van der Waals surface area contributed by atoms with E-state index in [9.17, 15) is 0 Å². The maximum atomic E-state index is 4.67. The van der Waals surface area contributed by atoms with Gasteiger partial charge in [0.15, 0.2) is 0 Å². The molecular weight excluding hydrogens is 210 g/mol. The molecule has 0 aromatic carbocycles. The van der Waals surface area contributed by atoms with Crippen LogP contribution in [0.4, 0.5) is 0 Å². The highest BCUT2D eigenvalue weighted by molar-refractivity contribution is 5.01. The van der Waals surface area contributed by atoms with Crippen molar-refractivity contribution >= 4 is 0 Å². The smallest absolute Gasteiger partial charge is 0.0627 e. The first-order chi connectivity index (χ1) is 8.21. The topological polar surface area (TPSA) is 29.9 Å². The summed E-state index contributed by atoms with van der Waals surface area (Å²) < 4.78 is 2.09. The van der Waals surface area contributed by atoms with Crippen LogP contribution in [0, 0.1) is 5.92 Å². The molecule has 1 heterocycles. The minimum absolute atomic E-state index is 0.512. The first-order valence-electron chi connectivity index (χ1n) is 6.89. The van der Waals surface area contributed by atoms with Crippen LogP contribution in [-0.2, 0) is 6.42 Å². The average molecular weight is 237 g/mol. The van der Waals surface area contributed by atoms with E-state index in [4.69, 9.17) is 0 Å². The molecular formula is C14H27N3. The molecule has 2 unspecified atom stereocenters. The molecule has 1 N–H and O–H groups in total. The Morgan fingerprint density at radius 1 is 1.41 bits per heavy atom. The van der Waals surface area contributed by atoms with Gasteiger partial charge in [0.05, 0.1) is 5.69 Å². The van der Waals surface area contributed by atoms with E-state index in [2.05, 4.69) is 48.1 Å². The van der Waals surface area contributed by atoms with Gasteiger partial charge in [0.1, 0.15) is 0 Å². The molecule has 1 rings (SSSR count). The number of nitrogens with zero attached hydrogens (tertiary/aromatic N) is 2. The minimum Gasteiger partial charge on any atom is -0.319 e. The third-order valence-corrected chi connectivity index (χ3v) is 3.39. The van der Waals surface area contributed by atoms with E-state index < -0.39 is 0 Å². The van der Waals surface area contributed by atoms with E-state index >= 15 is 0 Å². The lowest BCUT2D eigenvalue weighted by Gasteiger charge is -2.14. The number of nitrogens with one attached hydrogen (secondary N) is 1. The zero-order valence-corrected chi connectivity index (χ0v) is 11.7. The molecule has 17 heavy (non-hydrogen) atoms. The molecule has 0 fully saturated rings. The molecule has 98 valence electrons. The van der Waals surface area contributed by atoms with Crippen molar-refractivity contribution in [2.24, 2.45) is 5.92 Å². The summed E-state index contributed by atoms with van der Waals surface area (Å²) in [5, 5.41) is 7.95. The van der Waals surface area contributed by atoms with Crippen LogP contribution in [0.5, 0.6) is 0 Å². The summed E-state index contributed by atoms with van der Waals surface area (Å²) in [5.74, 6) is 0.713. The lowest BCUT2D eigenvalue weighted by molar-refractivity contribution is 0.437. The fourth-order valence-corrected chi connectivity index (χ4v) is 2.19. The van der Waals surface area contributed by atoms with E-state index in [1.807, 2.05) is 7.05 Å². The Bertz CT molecular complexity index is 300. The molecule has 3 nitrogen and oxygen atoms in total. The van der Waals surface area contributed by atoms with Crippen LogP contribution < -0.4 is 5.32 Å². The van der Waals surface area contributed by atoms with Crippen molar-refractivity contribution in [3.05, 3.63) is 18.0 Å². The van der Waals surface area contributed by atoms with Crippen LogP contribution in [0.1, 0.15) is 51.8 Å². The van der Waals surface area contributed by atoms with Gasteiger partial charge in [-0.1, -0.05) is 20.3 Å². The third-order valence-electron chi connectivity index (χ3n) is 3.39. The Kier molecular flexibility index (Phi) is 6.27. The molecule has 0 aliphatic carbocycles. The lowest BCUT2D eigenvalue weighted by atomic mass is 9.98. The maximum absolute atomic E-state index is 4.67. The summed E-state index contributed by atoms with van der Waals surface area (Å²) in [7, 11) is 2.03. The highest BCUT2D eigenvalue weighted by Crippen LogP contribution is 2.14. The van der Waals surface area contributed by atoms with Crippen LogP contribution in [0.3, 0.4) is 0 Å². The Morgan fingerprint density at radius 3 is 2.76 bits per heavy atom. The summed E-state index contributed by atoms with van der Waals surface area (Å²) in [6, 6.07) is 2.68. The molecule has 0 radical (unpaired) electrons. The second-order valence-corrected chi connectivity index (χ2v) is 4.96. The predicted molar refractivity (Wildman–Crippen MR) is 73.3 cm³/mol. The van der Waals surface area contributed by atoms with Crippen molar-refractivity contribution in [2.45, 2.75) is 52.5 Å². The number of hydrogen-bond donors (Lipinski definition) is 1. The van der Waals surface area contributed by atoms with Crippen LogP contribution in [0.15, 0.2) is 12.3 Å². The monoisotopic (exact) mass is 237 g/mol. The van der Waals surface area contributed by atoms with Crippen LogP contribution in [0.2, 0.25) is 0 Å². The van der Waals surface area contributed by atoms with Crippen molar-refractivity contribution in [3.8, 4) is 0 Å². The van der Waals surface area contributed by atoms with E-state index in [0.717, 1.165) is 19.4 Å². The molecule has 0 saturated heterocycles. The van der Waals surface area contributed by atoms with Crippen molar-refractivity contribution in [1.82, 2.24) is 15.1 Å². The summed E-state index contributed by atoms with van der Waals surface area (Å²) in [6.45, 7) is 7.76. The summed E-state index contributed by atoms with van der Waals surface area (Å²) in [5.41, 5.74) is 1.24. The quantitative estimate of drug-likeness (QED) is 0.753. The van der Waals surface area contributed by atoms with Gasteiger partial charge in [-0.2, -0.15) is 5.10 Å². The van der Waals surface area contributed by atoms with Gasteiger partial charge in [-0.15, -0.1) is 0 Å². The van der Waals surface area contributed by atoms with Crippen molar-refractivity contribution in [2.75, 3.05) is 13.6 Å². The summed E-state index contributed by atoms with van der Waals surface area (Å²) in [4.78, 5) is 0. The SMILES string of the molecule is CCCC(CNC)Cc1ccn(C(C)CC)n1. The molecule has 1 aromatic heterocycles. The van der Waals surface area contributed by atoms with Gasteiger partial charge in [-0.25, -0.2) is 0 Å². The first kappa shape index (κ1) is 14.2. The zero-order valence-electron chi connectivity index (χ0n) is 11.7. The number of rotatable bonds is 8. The Hall–Kier alpha value is -0.830. The third kappa shape index (κ3) is 4.50. The van der Waals surface area contributed by atoms with E-state index in [-0.39, 0.29) is 0 Å². The van der Waals surface area contributed by atoms with Gasteiger partial charge >= 0.3 is 0 Å². The highest BCUT2D eigenvalue weighted by Gasteiger charge is 2.11. The summed E-state index contributed by atoms with van der Waals surface area (Å²) >= 11 is 0. The molecule has 0 aliphatic rings. The maximum Gasteiger partial charge on any atom is 0.0627 e. The Balaban J connectivity index is 2.56. The van der Waals surface area contributed by atoms with Gasteiger partial charge in [0, 0.05) is 12.2 Å². The van der Waals surface area contributed by atoms with Crippen molar-refractivity contribution < 1.29 is 0 Å². The molecule has 3 heteroatoms. The molecule has 0 spiro atoms. The second kappa shape index (κ2) is 7.49. The standard InChI is InChI=1S/C14H27N3/c1-5-7-13(11-15-4)10-14-8-9-17(16-14)12(3)6-2/h8-9,12-13,15H,5-7,10-11H2,1-4H3. The van der Waals surface area contributed by atoms with Crippen molar-refractivity contribution in [1.29, 1.82) is 0 Å². The van der Waals surface area contributed by atoms with Gasteiger partial charge < -0.3 is 5.32 Å². The zero-order chi connectivity index (χ0) is 12.7. The first-order valence-corrected chi connectivity index (χ1v) is 6.89. The Labute approximate surface area is 106 Å². The minimum atomic E-state index is 0.512. The Morgan fingerprint density at radius 2 is 2.18 bits per heavy atom. The fourth-order valence-electron chi connectivity index (χ4n) is 2.19. The van der Waals surface area contributed by atoms with Gasteiger partial charge in [0.25, 0.3) is 0 Å². The molecule has 2 atom stereocenters. The molecule has 1 aromatic rings. The lowest BCUT2D eigenvalue weighted by Crippen LogP contribution is -2.21. The second-order valence-electron chi connectivity index (χ2n) is 4.96. The average Bonchev–Trinajstić information content (AvgIpc) is 2.77. The van der Waals surface area contributed by atoms with E-state index in [1.54, 1.807) is 0 Å². The highest BCUT2D eigenvalue weighted by atomic mass is 15.3. The van der Waals surface area contributed by atoms with Crippen LogP contribution in [0.25, 0.3) is 0 Å².